The number of fused-ring (bicyclic) bond motifs is 1. The van der Waals surface area contributed by atoms with Crippen molar-refractivity contribution in [3.05, 3.63) is 18.1 Å². The molecule has 0 amide bonds. The first-order chi connectivity index (χ1) is 10.5. The maximum Gasteiger partial charge on any atom is 0.401 e. The van der Waals surface area contributed by atoms with Gasteiger partial charge in [-0.15, -0.1) is 10.2 Å². The number of alkyl halides is 3. The number of rotatable bonds is 3. The standard InChI is InChI=1S/C13H17F3N6/c1-2-10-7-11(12-18-17-9-22(12)19-10)21-5-3-20(4-6-21)8-13(14,15)16/h7,9H,2-6,8H2,1H3. The number of hydrogen-bond donors (Lipinski definition) is 0. The zero-order valence-electron chi connectivity index (χ0n) is 12.2. The molecule has 0 spiro atoms. The van der Waals surface area contributed by atoms with E-state index in [1.54, 1.807) is 4.52 Å². The van der Waals surface area contributed by atoms with Gasteiger partial charge in [0.25, 0.3) is 0 Å². The Morgan fingerprint density at radius 3 is 2.55 bits per heavy atom. The Bertz CT molecular complexity index is 645. The molecular formula is C13H17F3N6. The summed E-state index contributed by atoms with van der Waals surface area (Å²) >= 11 is 0. The molecule has 0 unspecified atom stereocenters. The molecule has 0 radical (unpaired) electrons. The summed E-state index contributed by atoms with van der Waals surface area (Å²) in [5.74, 6) is 0. The van der Waals surface area contributed by atoms with E-state index >= 15 is 0 Å². The lowest BCUT2D eigenvalue weighted by atomic mass is 10.2. The third-order valence-electron chi connectivity index (χ3n) is 3.78. The maximum absolute atomic E-state index is 12.4. The molecule has 2 aromatic rings. The van der Waals surface area contributed by atoms with Crippen LogP contribution in [-0.4, -0.2) is 63.6 Å². The lowest BCUT2D eigenvalue weighted by Crippen LogP contribution is -2.49. The highest BCUT2D eigenvalue weighted by atomic mass is 19.4. The van der Waals surface area contributed by atoms with E-state index in [4.69, 9.17) is 0 Å². The van der Waals surface area contributed by atoms with Gasteiger partial charge in [0.05, 0.1) is 17.9 Å². The van der Waals surface area contributed by atoms with Crippen LogP contribution in [0.5, 0.6) is 0 Å². The van der Waals surface area contributed by atoms with Gasteiger partial charge in [-0.1, -0.05) is 6.92 Å². The van der Waals surface area contributed by atoms with Crippen molar-refractivity contribution in [1.29, 1.82) is 0 Å². The monoisotopic (exact) mass is 314 g/mol. The van der Waals surface area contributed by atoms with Crippen LogP contribution in [0, 0.1) is 0 Å². The first-order valence-corrected chi connectivity index (χ1v) is 7.20. The van der Waals surface area contributed by atoms with Gasteiger partial charge >= 0.3 is 6.18 Å². The van der Waals surface area contributed by atoms with E-state index in [0.717, 1.165) is 17.8 Å². The molecule has 1 aliphatic rings. The van der Waals surface area contributed by atoms with Gasteiger partial charge in [0.15, 0.2) is 0 Å². The average Bonchev–Trinajstić information content (AvgIpc) is 2.93. The molecule has 0 aliphatic carbocycles. The van der Waals surface area contributed by atoms with E-state index in [1.165, 1.54) is 11.2 Å². The minimum atomic E-state index is -4.14. The largest absolute Gasteiger partial charge is 0.401 e. The Morgan fingerprint density at radius 2 is 1.91 bits per heavy atom. The number of anilines is 1. The highest BCUT2D eigenvalue weighted by molar-refractivity contribution is 5.68. The summed E-state index contributed by atoms with van der Waals surface area (Å²) in [4.78, 5) is 3.48. The van der Waals surface area contributed by atoms with Crippen molar-refractivity contribution in [3.8, 4) is 0 Å². The van der Waals surface area contributed by atoms with Crippen molar-refractivity contribution >= 4 is 11.3 Å². The number of aromatic nitrogens is 4. The fourth-order valence-electron chi connectivity index (χ4n) is 2.67. The van der Waals surface area contributed by atoms with Crippen LogP contribution in [0.25, 0.3) is 5.65 Å². The fourth-order valence-corrected chi connectivity index (χ4v) is 2.67. The average molecular weight is 314 g/mol. The van der Waals surface area contributed by atoms with E-state index in [1.807, 2.05) is 13.0 Å². The number of piperazine rings is 1. The van der Waals surface area contributed by atoms with Crippen molar-refractivity contribution in [2.45, 2.75) is 19.5 Å². The maximum atomic E-state index is 12.4. The lowest BCUT2D eigenvalue weighted by Gasteiger charge is -2.36. The van der Waals surface area contributed by atoms with Gasteiger partial charge < -0.3 is 4.90 Å². The quantitative estimate of drug-likeness (QED) is 0.856. The van der Waals surface area contributed by atoms with Gasteiger partial charge in [-0.25, -0.2) is 0 Å². The van der Waals surface area contributed by atoms with Gasteiger partial charge in [0.1, 0.15) is 6.33 Å². The Labute approximate surface area is 125 Å². The highest BCUT2D eigenvalue weighted by Crippen LogP contribution is 2.23. The van der Waals surface area contributed by atoms with Crippen molar-refractivity contribution < 1.29 is 13.2 Å². The fraction of sp³-hybridized carbons (Fsp3) is 0.615. The second-order valence-corrected chi connectivity index (χ2v) is 5.35. The van der Waals surface area contributed by atoms with Crippen LogP contribution in [0.1, 0.15) is 12.6 Å². The zero-order chi connectivity index (χ0) is 15.7. The van der Waals surface area contributed by atoms with Gasteiger partial charge in [-0.2, -0.15) is 22.8 Å². The van der Waals surface area contributed by atoms with Crippen molar-refractivity contribution in [2.75, 3.05) is 37.6 Å². The van der Waals surface area contributed by atoms with Gasteiger partial charge in [0, 0.05) is 26.2 Å². The van der Waals surface area contributed by atoms with Gasteiger partial charge in [-0.3, -0.25) is 4.90 Å². The molecule has 0 saturated carbocycles. The molecule has 2 aromatic heterocycles. The third kappa shape index (κ3) is 3.13. The molecule has 22 heavy (non-hydrogen) atoms. The first-order valence-electron chi connectivity index (χ1n) is 7.20. The topological polar surface area (TPSA) is 49.6 Å². The molecule has 6 nitrogen and oxygen atoms in total. The van der Waals surface area contributed by atoms with Crippen LogP contribution in [0.4, 0.5) is 18.9 Å². The molecule has 0 N–H and O–H groups in total. The van der Waals surface area contributed by atoms with E-state index in [9.17, 15) is 13.2 Å². The summed E-state index contributed by atoms with van der Waals surface area (Å²) in [6.45, 7) is 2.98. The number of hydrogen-bond acceptors (Lipinski definition) is 5. The molecule has 0 aromatic carbocycles. The Hall–Kier alpha value is -1.90. The lowest BCUT2D eigenvalue weighted by molar-refractivity contribution is -0.146. The molecule has 1 saturated heterocycles. The third-order valence-corrected chi connectivity index (χ3v) is 3.78. The Balaban J connectivity index is 1.77. The van der Waals surface area contributed by atoms with Crippen molar-refractivity contribution in [2.24, 2.45) is 0 Å². The summed E-state index contributed by atoms with van der Waals surface area (Å²) in [6.07, 6.45) is -1.83. The molecule has 0 atom stereocenters. The summed E-state index contributed by atoms with van der Waals surface area (Å²) < 4.78 is 38.9. The van der Waals surface area contributed by atoms with Crippen molar-refractivity contribution in [3.63, 3.8) is 0 Å². The molecule has 3 rings (SSSR count). The molecule has 120 valence electrons. The Morgan fingerprint density at radius 1 is 1.18 bits per heavy atom. The SMILES string of the molecule is CCc1cc(N2CCN(CC(F)(F)F)CC2)c2nncn2n1. The van der Waals surface area contributed by atoms with Crippen LogP contribution >= 0.6 is 0 Å². The van der Waals surface area contributed by atoms with Crippen LogP contribution < -0.4 is 4.90 Å². The second kappa shape index (κ2) is 5.71. The summed E-state index contributed by atoms with van der Waals surface area (Å²) in [7, 11) is 0. The van der Waals surface area contributed by atoms with Crippen LogP contribution in [0.15, 0.2) is 12.4 Å². The molecule has 1 fully saturated rings. The van der Waals surface area contributed by atoms with Crippen LogP contribution in [-0.2, 0) is 6.42 Å². The van der Waals surface area contributed by atoms with E-state index in [2.05, 4.69) is 20.2 Å². The minimum Gasteiger partial charge on any atom is -0.366 e. The molecule has 3 heterocycles. The van der Waals surface area contributed by atoms with Crippen LogP contribution in [0.2, 0.25) is 0 Å². The summed E-state index contributed by atoms with van der Waals surface area (Å²) in [6, 6.07) is 1.95. The van der Waals surface area contributed by atoms with Gasteiger partial charge in [0.2, 0.25) is 5.65 Å². The number of nitrogens with zero attached hydrogens (tertiary/aromatic N) is 6. The predicted octanol–water partition coefficient (Wildman–Crippen LogP) is 1.37. The second-order valence-electron chi connectivity index (χ2n) is 5.35. The van der Waals surface area contributed by atoms with E-state index in [0.29, 0.717) is 31.8 Å². The van der Waals surface area contributed by atoms with E-state index < -0.39 is 12.7 Å². The highest BCUT2D eigenvalue weighted by Gasteiger charge is 2.32. The Kier molecular flexibility index (Phi) is 3.90. The molecule has 1 aliphatic heterocycles. The smallest absolute Gasteiger partial charge is 0.366 e. The zero-order valence-corrected chi connectivity index (χ0v) is 12.2. The van der Waals surface area contributed by atoms with E-state index in [-0.39, 0.29) is 0 Å². The molecule has 0 bridgehead atoms. The van der Waals surface area contributed by atoms with Crippen molar-refractivity contribution in [1.82, 2.24) is 24.7 Å². The van der Waals surface area contributed by atoms with Crippen LogP contribution in [0.3, 0.4) is 0 Å². The number of aryl methyl sites for hydroxylation is 1. The molecular weight excluding hydrogens is 297 g/mol. The first kappa shape index (κ1) is 15.0. The normalized spacial score (nSPS) is 17.4. The predicted molar refractivity (Wildman–Crippen MR) is 74.9 cm³/mol. The minimum absolute atomic E-state index is 0.379. The summed E-state index contributed by atoms with van der Waals surface area (Å²) in [5.41, 5.74) is 2.43. The summed E-state index contributed by atoms with van der Waals surface area (Å²) in [5, 5.41) is 12.3. The number of halogens is 3. The van der Waals surface area contributed by atoms with Gasteiger partial charge in [-0.05, 0) is 12.5 Å². The molecule has 9 heteroatoms.